The molecule has 2 heteroatoms. The van der Waals surface area contributed by atoms with Crippen LogP contribution in [0.25, 0.3) is 0 Å². The van der Waals surface area contributed by atoms with Gasteiger partial charge >= 0.3 is 0 Å². The Morgan fingerprint density at radius 2 is 1.61 bits per heavy atom. The first-order chi connectivity index (χ1) is 8.65. The molecule has 0 unspecified atom stereocenters. The van der Waals surface area contributed by atoms with E-state index in [0.29, 0.717) is 5.75 Å². The van der Waals surface area contributed by atoms with Crippen LogP contribution in [0.5, 0.6) is 5.75 Å². The molecule has 0 saturated heterocycles. The molecule has 102 valence electrons. The highest BCUT2D eigenvalue weighted by Gasteiger charge is 2.06. The van der Waals surface area contributed by atoms with Crippen LogP contribution in [-0.4, -0.2) is 23.1 Å². The summed E-state index contributed by atoms with van der Waals surface area (Å²) in [5.41, 5.74) is 2.36. The number of rotatable bonds is 8. The molecule has 0 spiro atoms. The SMILES string of the molecule is CCCCN(CCCC)Cc1cc(C)cc(O)c1. The van der Waals surface area contributed by atoms with Gasteiger partial charge in [-0.1, -0.05) is 32.8 Å². The van der Waals surface area contributed by atoms with E-state index in [-0.39, 0.29) is 0 Å². The molecule has 1 N–H and O–H groups in total. The van der Waals surface area contributed by atoms with Gasteiger partial charge in [-0.15, -0.1) is 0 Å². The minimum atomic E-state index is 0.385. The maximum Gasteiger partial charge on any atom is 0.116 e. The minimum absolute atomic E-state index is 0.385. The summed E-state index contributed by atoms with van der Waals surface area (Å²) < 4.78 is 0. The number of benzene rings is 1. The zero-order valence-electron chi connectivity index (χ0n) is 12.1. The van der Waals surface area contributed by atoms with Crippen LogP contribution in [0.1, 0.15) is 50.7 Å². The first kappa shape index (κ1) is 15.0. The summed E-state index contributed by atoms with van der Waals surface area (Å²) in [5.74, 6) is 0.385. The van der Waals surface area contributed by atoms with E-state index < -0.39 is 0 Å². The summed E-state index contributed by atoms with van der Waals surface area (Å²) in [5, 5.41) is 9.64. The molecule has 1 aromatic carbocycles. The topological polar surface area (TPSA) is 23.5 Å². The monoisotopic (exact) mass is 249 g/mol. The summed E-state index contributed by atoms with van der Waals surface area (Å²) in [6.07, 6.45) is 4.98. The van der Waals surface area contributed by atoms with Crippen LogP contribution in [-0.2, 0) is 6.54 Å². The van der Waals surface area contributed by atoms with Gasteiger partial charge in [0.05, 0.1) is 0 Å². The Morgan fingerprint density at radius 3 is 2.11 bits per heavy atom. The van der Waals surface area contributed by atoms with Crippen molar-refractivity contribution in [3.8, 4) is 5.75 Å². The van der Waals surface area contributed by atoms with Gasteiger partial charge in [0.25, 0.3) is 0 Å². The van der Waals surface area contributed by atoms with Crippen LogP contribution in [0.15, 0.2) is 18.2 Å². The normalized spacial score (nSPS) is 11.1. The van der Waals surface area contributed by atoms with Crippen LogP contribution in [0.3, 0.4) is 0 Å². The fourth-order valence-electron chi connectivity index (χ4n) is 2.22. The molecule has 1 aromatic rings. The van der Waals surface area contributed by atoms with E-state index in [9.17, 15) is 5.11 Å². The molecule has 0 aromatic heterocycles. The van der Waals surface area contributed by atoms with Gasteiger partial charge in [-0.3, -0.25) is 4.90 Å². The van der Waals surface area contributed by atoms with Crippen molar-refractivity contribution in [1.29, 1.82) is 0 Å². The molecule has 0 aliphatic heterocycles. The third kappa shape index (κ3) is 5.54. The van der Waals surface area contributed by atoms with Crippen LogP contribution < -0.4 is 0 Å². The van der Waals surface area contributed by atoms with E-state index in [1.54, 1.807) is 0 Å². The van der Waals surface area contributed by atoms with Gasteiger partial charge < -0.3 is 5.11 Å². The summed E-state index contributed by atoms with van der Waals surface area (Å²) >= 11 is 0. The van der Waals surface area contributed by atoms with Gasteiger partial charge in [0.2, 0.25) is 0 Å². The van der Waals surface area contributed by atoms with Crippen molar-refractivity contribution in [3.05, 3.63) is 29.3 Å². The largest absolute Gasteiger partial charge is 0.508 e. The molecule has 0 heterocycles. The molecule has 0 fully saturated rings. The molecule has 0 aliphatic carbocycles. The van der Waals surface area contributed by atoms with Crippen LogP contribution in [0, 0.1) is 6.92 Å². The Morgan fingerprint density at radius 1 is 1.00 bits per heavy atom. The number of hydrogen-bond donors (Lipinski definition) is 1. The second-order valence-electron chi connectivity index (χ2n) is 5.16. The van der Waals surface area contributed by atoms with Crippen LogP contribution in [0.4, 0.5) is 0 Å². The average Bonchev–Trinajstić information content (AvgIpc) is 2.31. The first-order valence-electron chi connectivity index (χ1n) is 7.17. The Bertz CT molecular complexity index is 321. The molecule has 0 radical (unpaired) electrons. The molecular formula is C16H27NO. The van der Waals surface area contributed by atoms with Crippen LogP contribution in [0.2, 0.25) is 0 Å². The molecule has 0 amide bonds. The second kappa shape index (κ2) is 8.15. The molecule has 18 heavy (non-hydrogen) atoms. The predicted octanol–water partition coefficient (Wildman–Crippen LogP) is 4.10. The second-order valence-corrected chi connectivity index (χ2v) is 5.16. The third-order valence-corrected chi connectivity index (χ3v) is 3.18. The number of hydrogen-bond acceptors (Lipinski definition) is 2. The summed E-state index contributed by atoms with van der Waals surface area (Å²) in [6, 6.07) is 5.87. The smallest absolute Gasteiger partial charge is 0.116 e. The third-order valence-electron chi connectivity index (χ3n) is 3.18. The average molecular weight is 249 g/mol. The van der Waals surface area contributed by atoms with Gasteiger partial charge in [-0.05, 0) is 56.1 Å². The Balaban J connectivity index is 2.62. The zero-order chi connectivity index (χ0) is 13.4. The highest BCUT2D eigenvalue weighted by Crippen LogP contribution is 2.17. The summed E-state index contributed by atoms with van der Waals surface area (Å²) in [4.78, 5) is 2.50. The minimum Gasteiger partial charge on any atom is -0.508 e. The highest BCUT2D eigenvalue weighted by atomic mass is 16.3. The van der Waals surface area contributed by atoms with E-state index in [1.165, 1.54) is 31.2 Å². The van der Waals surface area contributed by atoms with Crippen molar-refractivity contribution in [3.63, 3.8) is 0 Å². The Kier molecular flexibility index (Phi) is 6.81. The fraction of sp³-hybridized carbons (Fsp3) is 0.625. The van der Waals surface area contributed by atoms with E-state index in [1.807, 2.05) is 19.1 Å². The standard InChI is InChI=1S/C16H27NO/c1-4-6-8-17(9-7-5-2)13-15-10-14(3)11-16(18)12-15/h10-12,18H,4-9,13H2,1-3H3. The van der Waals surface area contributed by atoms with Crippen molar-refractivity contribution in [2.75, 3.05) is 13.1 Å². The van der Waals surface area contributed by atoms with E-state index in [0.717, 1.165) is 25.2 Å². The molecule has 0 aliphatic rings. The number of phenolic OH excluding ortho intramolecular Hbond substituents is 1. The van der Waals surface area contributed by atoms with Crippen molar-refractivity contribution < 1.29 is 5.11 Å². The van der Waals surface area contributed by atoms with Crippen molar-refractivity contribution in [2.24, 2.45) is 0 Å². The number of unbranched alkanes of at least 4 members (excludes halogenated alkanes) is 2. The molecule has 0 atom stereocenters. The van der Waals surface area contributed by atoms with E-state index >= 15 is 0 Å². The number of aryl methyl sites for hydroxylation is 1. The lowest BCUT2D eigenvalue weighted by Gasteiger charge is -2.22. The molecular weight excluding hydrogens is 222 g/mol. The lowest BCUT2D eigenvalue weighted by atomic mass is 10.1. The Labute approximate surface area is 112 Å². The fourth-order valence-corrected chi connectivity index (χ4v) is 2.22. The van der Waals surface area contributed by atoms with Gasteiger partial charge in [0, 0.05) is 6.54 Å². The zero-order valence-corrected chi connectivity index (χ0v) is 12.1. The van der Waals surface area contributed by atoms with Crippen LogP contribution >= 0.6 is 0 Å². The van der Waals surface area contributed by atoms with E-state index in [2.05, 4.69) is 24.8 Å². The van der Waals surface area contributed by atoms with E-state index in [4.69, 9.17) is 0 Å². The van der Waals surface area contributed by atoms with Gasteiger partial charge in [0.15, 0.2) is 0 Å². The lowest BCUT2D eigenvalue weighted by molar-refractivity contribution is 0.257. The number of nitrogens with zero attached hydrogens (tertiary/aromatic N) is 1. The number of aromatic hydroxyl groups is 1. The number of phenols is 1. The molecule has 0 bridgehead atoms. The van der Waals surface area contributed by atoms with Gasteiger partial charge in [-0.25, -0.2) is 0 Å². The molecule has 1 rings (SSSR count). The van der Waals surface area contributed by atoms with Crippen molar-refractivity contribution >= 4 is 0 Å². The lowest BCUT2D eigenvalue weighted by Crippen LogP contribution is -2.25. The highest BCUT2D eigenvalue weighted by molar-refractivity contribution is 5.32. The maximum atomic E-state index is 9.64. The quantitative estimate of drug-likeness (QED) is 0.749. The van der Waals surface area contributed by atoms with Gasteiger partial charge in [0.1, 0.15) is 5.75 Å². The summed E-state index contributed by atoms with van der Waals surface area (Å²) in [6.45, 7) is 9.77. The predicted molar refractivity (Wildman–Crippen MR) is 77.9 cm³/mol. The molecule has 0 saturated carbocycles. The maximum absolute atomic E-state index is 9.64. The van der Waals surface area contributed by atoms with Gasteiger partial charge in [-0.2, -0.15) is 0 Å². The molecule has 2 nitrogen and oxygen atoms in total. The first-order valence-corrected chi connectivity index (χ1v) is 7.17. The van der Waals surface area contributed by atoms with Crippen molar-refractivity contribution in [1.82, 2.24) is 4.90 Å². The summed E-state index contributed by atoms with van der Waals surface area (Å²) in [7, 11) is 0. The Hall–Kier alpha value is -1.02. The van der Waals surface area contributed by atoms with Crippen molar-refractivity contribution in [2.45, 2.75) is 53.0 Å².